The van der Waals surface area contributed by atoms with E-state index in [1.807, 2.05) is 0 Å². The standard InChI is InChI=1S/C11H18N6O2/c1-13-11-15-9(12)8(17(18)19)10(16-11)14-7-5-3-2-4-6-7/h7H,2-6H2,1H3,(H4,12,13,14,15,16). The number of hydrogen-bond acceptors (Lipinski definition) is 7. The summed E-state index contributed by atoms with van der Waals surface area (Å²) in [5, 5.41) is 16.9. The molecule has 1 aliphatic rings. The normalized spacial score (nSPS) is 16.1. The number of nitrogens with zero attached hydrogens (tertiary/aromatic N) is 3. The van der Waals surface area contributed by atoms with Gasteiger partial charge in [0.15, 0.2) is 0 Å². The molecular formula is C11H18N6O2. The lowest BCUT2D eigenvalue weighted by Crippen LogP contribution is -2.24. The van der Waals surface area contributed by atoms with Crippen molar-refractivity contribution in [1.29, 1.82) is 0 Å². The minimum atomic E-state index is -0.542. The van der Waals surface area contributed by atoms with Gasteiger partial charge in [0.1, 0.15) is 0 Å². The molecule has 0 unspecified atom stereocenters. The molecule has 104 valence electrons. The maximum Gasteiger partial charge on any atom is 0.353 e. The van der Waals surface area contributed by atoms with E-state index >= 15 is 0 Å². The fourth-order valence-electron chi connectivity index (χ4n) is 2.30. The van der Waals surface area contributed by atoms with E-state index in [2.05, 4.69) is 20.6 Å². The van der Waals surface area contributed by atoms with E-state index in [1.165, 1.54) is 6.42 Å². The first-order valence-electron chi connectivity index (χ1n) is 6.38. The quantitative estimate of drug-likeness (QED) is 0.561. The number of aromatic nitrogens is 2. The Labute approximate surface area is 111 Å². The van der Waals surface area contributed by atoms with Crippen molar-refractivity contribution < 1.29 is 4.92 Å². The minimum absolute atomic E-state index is 0.123. The van der Waals surface area contributed by atoms with Gasteiger partial charge in [-0.25, -0.2) is 0 Å². The molecule has 1 aliphatic carbocycles. The summed E-state index contributed by atoms with van der Waals surface area (Å²) in [4.78, 5) is 18.5. The first kappa shape index (κ1) is 13.3. The molecule has 0 bridgehead atoms. The van der Waals surface area contributed by atoms with E-state index in [0.29, 0.717) is 0 Å². The first-order valence-corrected chi connectivity index (χ1v) is 6.38. The number of anilines is 3. The number of rotatable bonds is 4. The summed E-state index contributed by atoms with van der Waals surface area (Å²) in [5.41, 5.74) is 5.39. The van der Waals surface area contributed by atoms with E-state index in [1.54, 1.807) is 7.05 Å². The van der Waals surface area contributed by atoms with Crippen LogP contribution in [0.4, 0.5) is 23.3 Å². The van der Waals surface area contributed by atoms with Gasteiger partial charge in [-0.15, -0.1) is 0 Å². The predicted molar refractivity (Wildman–Crippen MR) is 73.1 cm³/mol. The van der Waals surface area contributed by atoms with Crippen LogP contribution in [0.1, 0.15) is 32.1 Å². The summed E-state index contributed by atoms with van der Waals surface area (Å²) >= 11 is 0. The van der Waals surface area contributed by atoms with Gasteiger partial charge in [-0.1, -0.05) is 19.3 Å². The van der Waals surface area contributed by atoms with Crippen molar-refractivity contribution in [3.05, 3.63) is 10.1 Å². The van der Waals surface area contributed by atoms with Gasteiger partial charge >= 0.3 is 5.69 Å². The topological polar surface area (TPSA) is 119 Å². The third-order valence-corrected chi connectivity index (χ3v) is 3.26. The molecule has 2 rings (SSSR count). The third kappa shape index (κ3) is 3.01. The summed E-state index contributed by atoms with van der Waals surface area (Å²) in [7, 11) is 1.64. The molecule has 0 aliphatic heterocycles. The van der Waals surface area contributed by atoms with Crippen molar-refractivity contribution in [2.45, 2.75) is 38.1 Å². The van der Waals surface area contributed by atoms with Crippen molar-refractivity contribution in [3.8, 4) is 0 Å². The number of nitrogens with one attached hydrogen (secondary N) is 2. The molecule has 0 aromatic carbocycles. The number of hydrogen-bond donors (Lipinski definition) is 3. The highest BCUT2D eigenvalue weighted by molar-refractivity contribution is 5.70. The van der Waals surface area contributed by atoms with Crippen LogP contribution >= 0.6 is 0 Å². The lowest BCUT2D eigenvalue weighted by atomic mass is 9.95. The van der Waals surface area contributed by atoms with Crippen molar-refractivity contribution in [2.24, 2.45) is 0 Å². The summed E-state index contributed by atoms with van der Waals surface area (Å²) in [6, 6.07) is 0.214. The van der Waals surface area contributed by atoms with E-state index in [4.69, 9.17) is 5.73 Å². The minimum Gasteiger partial charge on any atom is -0.378 e. The van der Waals surface area contributed by atoms with E-state index in [9.17, 15) is 10.1 Å². The smallest absolute Gasteiger partial charge is 0.353 e. The largest absolute Gasteiger partial charge is 0.378 e. The van der Waals surface area contributed by atoms with Crippen LogP contribution in [0.15, 0.2) is 0 Å². The van der Waals surface area contributed by atoms with Gasteiger partial charge in [-0.05, 0) is 12.8 Å². The molecule has 1 fully saturated rings. The van der Waals surface area contributed by atoms with Crippen LogP contribution in [0.5, 0.6) is 0 Å². The van der Waals surface area contributed by atoms with Crippen LogP contribution in [0, 0.1) is 10.1 Å². The fraction of sp³-hybridized carbons (Fsp3) is 0.636. The number of nitrogen functional groups attached to an aromatic ring is 1. The molecule has 0 saturated heterocycles. The molecule has 1 saturated carbocycles. The third-order valence-electron chi connectivity index (χ3n) is 3.26. The maximum absolute atomic E-state index is 11.1. The Morgan fingerprint density at radius 1 is 1.32 bits per heavy atom. The van der Waals surface area contributed by atoms with Crippen molar-refractivity contribution >= 4 is 23.3 Å². The van der Waals surface area contributed by atoms with Gasteiger partial charge in [0, 0.05) is 13.1 Å². The Morgan fingerprint density at radius 2 is 2.00 bits per heavy atom. The molecule has 0 radical (unpaired) electrons. The molecule has 0 amide bonds. The van der Waals surface area contributed by atoms with Crippen LogP contribution in [0.25, 0.3) is 0 Å². The van der Waals surface area contributed by atoms with Crippen LogP contribution < -0.4 is 16.4 Å². The second kappa shape index (κ2) is 5.68. The zero-order valence-corrected chi connectivity index (χ0v) is 10.8. The molecule has 0 spiro atoms. The molecule has 1 aromatic rings. The van der Waals surface area contributed by atoms with Gasteiger partial charge in [0.25, 0.3) is 0 Å². The fourth-order valence-corrected chi connectivity index (χ4v) is 2.30. The Hall–Kier alpha value is -2.12. The van der Waals surface area contributed by atoms with E-state index in [-0.39, 0.29) is 29.3 Å². The van der Waals surface area contributed by atoms with Crippen LogP contribution in [0.3, 0.4) is 0 Å². The Morgan fingerprint density at radius 3 is 2.58 bits per heavy atom. The average Bonchev–Trinajstić information content (AvgIpc) is 2.38. The number of nitro groups is 1. The molecule has 1 aromatic heterocycles. The zero-order valence-electron chi connectivity index (χ0n) is 10.8. The molecule has 19 heavy (non-hydrogen) atoms. The monoisotopic (exact) mass is 266 g/mol. The Bertz CT molecular complexity index is 472. The Kier molecular flexibility index (Phi) is 3.98. The predicted octanol–water partition coefficient (Wildman–Crippen LogP) is 1.75. The Balaban J connectivity index is 2.29. The van der Waals surface area contributed by atoms with Crippen molar-refractivity contribution in [2.75, 3.05) is 23.4 Å². The van der Waals surface area contributed by atoms with Crippen LogP contribution in [-0.4, -0.2) is 28.0 Å². The first-order chi connectivity index (χ1) is 9.11. The van der Waals surface area contributed by atoms with Crippen molar-refractivity contribution in [1.82, 2.24) is 9.97 Å². The molecule has 4 N–H and O–H groups in total. The van der Waals surface area contributed by atoms with Gasteiger partial charge in [-0.2, -0.15) is 9.97 Å². The van der Waals surface area contributed by atoms with E-state index in [0.717, 1.165) is 25.7 Å². The molecule has 1 heterocycles. The number of nitrogens with two attached hydrogens (primary N) is 1. The summed E-state index contributed by atoms with van der Waals surface area (Å²) in [6.45, 7) is 0. The lowest BCUT2D eigenvalue weighted by molar-refractivity contribution is -0.383. The second-order valence-corrected chi connectivity index (χ2v) is 4.62. The highest BCUT2D eigenvalue weighted by Gasteiger charge is 2.25. The van der Waals surface area contributed by atoms with E-state index < -0.39 is 4.92 Å². The van der Waals surface area contributed by atoms with Crippen LogP contribution in [0.2, 0.25) is 0 Å². The summed E-state index contributed by atoms with van der Waals surface area (Å²) in [5.74, 6) is 0.359. The van der Waals surface area contributed by atoms with Crippen LogP contribution in [-0.2, 0) is 0 Å². The van der Waals surface area contributed by atoms with Gasteiger partial charge in [0.2, 0.25) is 17.6 Å². The molecule has 0 atom stereocenters. The van der Waals surface area contributed by atoms with Gasteiger partial charge in [0.05, 0.1) is 4.92 Å². The zero-order chi connectivity index (χ0) is 13.8. The molecule has 8 nitrogen and oxygen atoms in total. The molecular weight excluding hydrogens is 248 g/mol. The van der Waals surface area contributed by atoms with Crippen molar-refractivity contribution in [3.63, 3.8) is 0 Å². The maximum atomic E-state index is 11.1. The summed E-state index contributed by atoms with van der Waals surface area (Å²) < 4.78 is 0. The SMILES string of the molecule is CNc1nc(N)c([N+](=O)[O-])c(NC2CCCCC2)n1. The van der Waals surface area contributed by atoms with Gasteiger partial charge < -0.3 is 16.4 Å². The highest BCUT2D eigenvalue weighted by atomic mass is 16.6. The average molecular weight is 266 g/mol. The lowest BCUT2D eigenvalue weighted by Gasteiger charge is -2.23. The molecule has 8 heteroatoms. The summed E-state index contributed by atoms with van der Waals surface area (Å²) in [6.07, 6.45) is 5.47. The van der Waals surface area contributed by atoms with Gasteiger partial charge in [-0.3, -0.25) is 10.1 Å². The second-order valence-electron chi connectivity index (χ2n) is 4.62. The highest BCUT2D eigenvalue weighted by Crippen LogP contribution is 2.31.